The molecule has 0 fully saturated rings. The second kappa shape index (κ2) is 5.15. The van der Waals surface area contributed by atoms with E-state index in [1.807, 2.05) is 0 Å². The molecule has 2 atom stereocenters. The van der Waals surface area contributed by atoms with Crippen LogP contribution in [0.25, 0.3) is 0 Å². The Kier molecular flexibility index (Phi) is 3.67. The molecule has 1 heterocycles. The van der Waals surface area contributed by atoms with Gasteiger partial charge < -0.3 is 5.73 Å². The Morgan fingerprint density at radius 1 is 1.29 bits per heavy atom. The van der Waals surface area contributed by atoms with E-state index in [4.69, 9.17) is 17.3 Å². The van der Waals surface area contributed by atoms with Crippen molar-refractivity contribution in [3.8, 4) is 0 Å². The molecule has 2 N–H and O–H groups in total. The zero-order valence-corrected chi connectivity index (χ0v) is 11.7. The van der Waals surface area contributed by atoms with Crippen LogP contribution in [-0.2, 0) is 0 Å². The summed E-state index contributed by atoms with van der Waals surface area (Å²) in [7, 11) is 1.64. The minimum absolute atomic E-state index is 0.155. The van der Waals surface area contributed by atoms with Crippen molar-refractivity contribution in [3.05, 3.63) is 62.5 Å². The first-order valence-corrected chi connectivity index (χ1v) is 6.29. The lowest BCUT2D eigenvalue weighted by Gasteiger charge is -2.34. The van der Waals surface area contributed by atoms with E-state index in [1.54, 1.807) is 25.4 Å². The van der Waals surface area contributed by atoms with E-state index >= 15 is 0 Å². The summed E-state index contributed by atoms with van der Waals surface area (Å²) < 4.78 is -0.155. The Bertz CT molecular complexity index is 688. The van der Waals surface area contributed by atoms with Crippen LogP contribution in [0.2, 0.25) is 0 Å². The molecular formula is C12H12ClN4O4+. The van der Waals surface area contributed by atoms with Gasteiger partial charge in [-0.25, -0.2) is 4.48 Å². The van der Waals surface area contributed by atoms with Crippen molar-refractivity contribution in [1.29, 1.82) is 0 Å². The van der Waals surface area contributed by atoms with Crippen molar-refractivity contribution in [2.45, 2.75) is 5.50 Å². The molecule has 2 rings (SSSR count). The first-order valence-electron chi connectivity index (χ1n) is 5.85. The summed E-state index contributed by atoms with van der Waals surface area (Å²) in [6.45, 7) is 0. The number of nitro groups is 2. The predicted molar refractivity (Wildman–Crippen MR) is 78.5 cm³/mol. The highest BCUT2D eigenvalue weighted by Crippen LogP contribution is 2.39. The number of nitro benzene ring substituents is 2. The van der Waals surface area contributed by atoms with Crippen LogP contribution < -0.4 is 10.2 Å². The van der Waals surface area contributed by atoms with Crippen LogP contribution in [0.4, 0.5) is 17.1 Å². The molecule has 8 nitrogen and oxygen atoms in total. The lowest BCUT2D eigenvalue weighted by atomic mass is 10.1. The average Bonchev–Trinajstić information content (AvgIpc) is 2.42. The third-order valence-electron chi connectivity index (χ3n) is 3.26. The molecule has 110 valence electrons. The highest BCUT2D eigenvalue weighted by molar-refractivity contribution is 6.22. The molecule has 1 aromatic carbocycles. The molecule has 1 aromatic rings. The zero-order valence-electron chi connectivity index (χ0n) is 11.0. The minimum Gasteiger partial charge on any atom is -0.394 e. The number of alkyl halides is 1. The molecular weight excluding hydrogens is 300 g/mol. The number of hydrogen-bond donors (Lipinski definition) is 1. The summed E-state index contributed by atoms with van der Waals surface area (Å²) in [6.07, 6.45) is 4.78. The summed E-state index contributed by atoms with van der Waals surface area (Å²) >= 11 is 6.23. The van der Waals surface area contributed by atoms with Gasteiger partial charge in [0.1, 0.15) is 12.3 Å². The maximum atomic E-state index is 11.2. The fourth-order valence-electron chi connectivity index (χ4n) is 2.17. The second-order valence-electron chi connectivity index (χ2n) is 4.70. The first kappa shape index (κ1) is 14.9. The van der Waals surface area contributed by atoms with E-state index in [0.717, 1.165) is 6.07 Å². The topological polar surface area (TPSA) is 112 Å². The number of hydrogen-bond acceptors (Lipinski definition) is 5. The van der Waals surface area contributed by atoms with Crippen molar-refractivity contribution in [2.24, 2.45) is 5.73 Å². The number of rotatable bonds is 3. The van der Waals surface area contributed by atoms with E-state index < -0.39 is 15.3 Å². The third-order valence-corrected chi connectivity index (χ3v) is 3.81. The molecule has 0 radical (unpaired) electrons. The standard InChI is InChI=1S/C12H12ClN4O4/c1-17(7-8(14)2-5-12(17)13)11-4-3-9(15(18)19)6-10(11)16(20)21/h2-7,12H,14H2,1H3/q+1. The van der Waals surface area contributed by atoms with Gasteiger partial charge in [0, 0.05) is 12.1 Å². The van der Waals surface area contributed by atoms with Gasteiger partial charge in [0.15, 0.2) is 5.50 Å². The molecule has 21 heavy (non-hydrogen) atoms. The molecule has 1 aliphatic rings. The number of nitrogens with zero attached hydrogens (tertiary/aromatic N) is 3. The summed E-state index contributed by atoms with van der Waals surface area (Å²) in [6, 6.07) is 3.46. The second-order valence-corrected chi connectivity index (χ2v) is 5.14. The number of benzene rings is 1. The molecule has 1 aliphatic heterocycles. The zero-order chi connectivity index (χ0) is 15.8. The van der Waals surface area contributed by atoms with Gasteiger partial charge in [-0.3, -0.25) is 20.2 Å². The van der Waals surface area contributed by atoms with E-state index in [1.165, 1.54) is 12.1 Å². The molecule has 0 bridgehead atoms. The Labute approximate surface area is 124 Å². The Hall–Kier alpha value is -2.45. The van der Waals surface area contributed by atoms with Gasteiger partial charge in [-0.05, 0) is 12.2 Å². The van der Waals surface area contributed by atoms with E-state index in [-0.39, 0.29) is 21.5 Å². The van der Waals surface area contributed by atoms with Gasteiger partial charge in [-0.15, -0.1) is 0 Å². The first-order chi connectivity index (χ1) is 9.75. The fourth-order valence-corrected chi connectivity index (χ4v) is 2.41. The summed E-state index contributed by atoms with van der Waals surface area (Å²) in [5, 5.41) is 22.0. The van der Waals surface area contributed by atoms with Crippen molar-refractivity contribution in [3.63, 3.8) is 0 Å². The highest BCUT2D eigenvalue weighted by Gasteiger charge is 2.39. The van der Waals surface area contributed by atoms with Gasteiger partial charge in [-0.1, -0.05) is 11.6 Å². The summed E-state index contributed by atoms with van der Waals surface area (Å²) in [5.41, 5.74) is 5.02. The molecule has 0 spiro atoms. The van der Waals surface area contributed by atoms with Gasteiger partial charge in [0.2, 0.25) is 5.69 Å². The monoisotopic (exact) mass is 311 g/mol. The predicted octanol–water partition coefficient (Wildman–Crippen LogP) is 2.37. The van der Waals surface area contributed by atoms with Crippen LogP contribution in [0.15, 0.2) is 42.2 Å². The summed E-state index contributed by atoms with van der Waals surface area (Å²) in [4.78, 5) is 20.6. The SMILES string of the molecule is C[N+]1(c2ccc([N+](=O)[O-])cc2[N+](=O)[O-])C=C(N)C=CC1Cl. The number of non-ortho nitro benzene ring substituents is 1. The highest BCUT2D eigenvalue weighted by atomic mass is 35.5. The maximum Gasteiger partial charge on any atom is 0.336 e. The third kappa shape index (κ3) is 2.58. The van der Waals surface area contributed by atoms with Crippen molar-refractivity contribution in [2.75, 3.05) is 7.05 Å². The van der Waals surface area contributed by atoms with Crippen LogP contribution in [-0.4, -0.2) is 22.4 Å². The van der Waals surface area contributed by atoms with Gasteiger partial charge >= 0.3 is 5.69 Å². The number of likely N-dealkylation sites (N-methyl/N-ethyl adjacent to an activating group) is 1. The van der Waals surface area contributed by atoms with Crippen molar-refractivity contribution in [1.82, 2.24) is 4.48 Å². The normalized spacial score (nSPS) is 24.5. The van der Waals surface area contributed by atoms with E-state index in [9.17, 15) is 20.2 Å². The molecule has 0 aromatic heterocycles. The molecule has 0 aliphatic carbocycles. The molecule has 0 saturated heterocycles. The Morgan fingerprint density at radius 2 is 1.95 bits per heavy atom. The molecule has 0 amide bonds. The minimum atomic E-state index is -0.685. The number of nitrogens with two attached hydrogens (primary N) is 1. The molecule has 0 saturated carbocycles. The van der Waals surface area contributed by atoms with Crippen LogP contribution in [0, 0.1) is 20.2 Å². The van der Waals surface area contributed by atoms with E-state index in [0.29, 0.717) is 5.70 Å². The smallest absolute Gasteiger partial charge is 0.336 e. The Morgan fingerprint density at radius 3 is 2.52 bits per heavy atom. The van der Waals surface area contributed by atoms with Gasteiger partial charge in [0.25, 0.3) is 5.69 Å². The van der Waals surface area contributed by atoms with E-state index in [2.05, 4.69) is 0 Å². The van der Waals surface area contributed by atoms with Crippen molar-refractivity contribution < 1.29 is 9.85 Å². The summed E-state index contributed by atoms with van der Waals surface area (Å²) in [5.74, 6) is 0. The van der Waals surface area contributed by atoms with Crippen LogP contribution in [0.5, 0.6) is 0 Å². The van der Waals surface area contributed by atoms with Crippen LogP contribution >= 0.6 is 11.6 Å². The Balaban J connectivity index is 2.66. The van der Waals surface area contributed by atoms with Crippen LogP contribution in [0.3, 0.4) is 0 Å². The quantitative estimate of drug-likeness (QED) is 0.303. The van der Waals surface area contributed by atoms with Gasteiger partial charge in [-0.2, -0.15) is 0 Å². The number of allylic oxidation sites excluding steroid dienone is 1. The number of quaternary nitrogens is 1. The fraction of sp³-hybridized carbons (Fsp3) is 0.167. The lowest BCUT2D eigenvalue weighted by Crippen LogP contribution is -2.47. The average molecular weight is 312 g/mol. The molecule has 2 unspecified atom stereocenters. The maximum absolute atomic E-state index is 11.2. The largest absolute Gasteiger partial charge is 0.394 e. The van der Waals surface area contributed by atoms with Crippen LogP contribution in [0.1, 0.15) is 0 Å². The number of halogens is 1. The van der Waals surface area contributed by atoms with Crippen molar-refractivity contribution >= 4 is 28.7 Å². The van der Waals surface area contributed by atoms with Gasteiger partial charge in [0.05, 0.1) is 22.6 Å². The molecule has 9 heteroatoms. The lowest BCUT2D eigenvalue weighted by molar-refractivity contribution is -0.394.